The van der Waals surface area contributed by atoms with Crippen molar-refractivity contribution in [2.75, 3.05) is 0 Å². The zero-order valence-corrected chi connectivity index (χ0v) is 14.1. The van der Waals surface area contributed by atoms with Crippen molar-refractivity contribution in [2.24, 2.45) is 0 Å². The Bertz CT molecular complexity index is 713. The Balaban J connectivity index is 2.31. The highest BCUT2D eigenvalue weighted by atomic mass is 79.9. The fourth-order valence-corrected chi connectivity index (χ4v) is 3.97. The molecule has 20 heavy (non-hydrogen) atoms. The molecule has 0 fully saturated rings. The highest BCUT2D eigenvalue weighted by Gasteiger charge is 2.20. The second-order valence-corrected chi connectivity index (χ2v) is 6.79. The van der Waals surface area contributed by atoms with Gasteiger partial charge >= 0.3 is 0 Å². The molecule has 0 spiro atoms. The molecule has 0 aromatic heterocycles. The molecule has 0 saturated heterocycles. The summed E-state index contributed by atoms with van der Waals surface area (Å²) in [4.78, 5) is 0. The molecule has 3 rings (SSSR count). The minimum absolute atomic E-state index is 1.07. The summed E-state index contributed by atoms with van der Waals surface area (Å²) in [5, 5.41) is 0. The Kier molecular flexibility index (Phi) is 3.33. The van der Waals surface area contributed by atoms with Crippen molar-refractivity contribution in [3.8, 4) is 11.1 Å². The van der Waals surface area contributed by atoms with Gasteiger partial charge in [0.15, 0.2) is 0 Å². The number of aryl methyl sites for hydroxylation is 3. The van der Waals surface area contributed by atoms with Gasteiger partial charge in [0.1, 0.15) is 0 Å². The number of hydrogen-bond donors (Lipinski definition) is 0. The summed E-state index contributed by atoms with van der Waals surface area (Å²) in [6.45, 7) is 8.82. The van der Waals surface area contributed by atoms with Gasteiger partial charge in [0.05, 0.1) is 0 Å². The Labute approximate surface area is 129 Å². The molecular weight excluding hydrogens is 308 g/mol. The first-order valence-corrected chi connectivity index (χ1v) is 7.83. The monoisotopic (exact) mass is 326 g/mol. The highest BCUT2D eigenvalue weighted by molar-refractivity contribution is 9.10. The maximum atomic E-state index is 3.77. The first-order valence-electron chi connectivity index (χ1n) is 7.04. The third kappa shape index (κ3) is 2.14. The predicted octanol–water partition coefficient (Wildman–Crippen LogP) is 6.00. The molecular formula is C19H19Br. The molecule has 0 radical (unpaired) electrons. The lowest BCUT2D eigenvalue weighted by Crippen LogP contribution is -1.96. The summed E-state index contributed by atoms with van der Waals surface area (Å²) in [6.07, 6.45) is 3.38. The van der Waals surface area contributed by atoms with Crippen LogP contribution in [0, 0.1) is 20.8 Å². The molecule has 0 bridgehead atoms. The van der Waals surface area contributed by atoms with Gasteiger partial charge in [-0.2, -0.15) is 0 Å². The standard InChI is InChI=1S/C19H19Br/c1-11-7-13(3)18(14(4)8-11)19-16-10-12(2)9-15(16)5-6-17(19)20/h5-9H,10H2,1-4H3. The first-order chi connectivity index (χ1) is 9.47. The number of benzene rings is 2. The third-order valence-corrected chi connectivity index (χ3v) is 4.74. The van der Waals surface area contributed by atoms with Crippen LogP contribution in [0.4, 0.5) is 0 Å². The largest absolute Gasteiger partial charge is 0.0683 e. The Morgan fingerprint density at radius 2 is 1.55 bits per heavy atom. The van der Waals surface area contributed by atoms with E-state index in [1.165, 1.54) is 49.0 Å². The van der Waals surface area contributed by atoms with Gasteiger partial charge in [0.25, 0.3) is 0 Å². The van der Waals surface area contributed by atoms with E-state index in [9.17, 15) is 0 Å². The number of hydrogen-bond acceptors (Lipinski definition) is 0. The van der Waals surface area contributed by atoms with Crippen LogP contribution in [0.3, 0.4) is 0 Å². The van der Waals surface area contributed by atoms with Crippen molar-refractivity contribution in [2.45, 2.75) is 34.1 Å². The zero-order chi connectivity index (χ0) is 14.4. The van der Waals surface area contributed by atoms with Gasteiger partial charge in [-0.3, -0.25) is 0 Å². The van der Waals surface area contributed by atoms with Crippen LogP contribution in [0.25, 0.3) is 17.2 Å². The normalized spacial score (nSPS) is 13.3. The average molecular weight is 327 g/mol. The van der Waals surface area contributed by atoms with Crippen LogP contribution >= 0.6 is 15.9 Å². The van der Waals surface area contributed by atoms with Crippen molar-refractivity contribution < 1.29 is 0 Å². The maximum absolute atomic E-state index is 3.77. The lowest BCUT2D eigenvalue weighted by atomic mass is 9.89. The quantitative estimate of drug-likeness (QED) is 0.602. The lowest BCUT2D eigenvalue weighted by molar-refractivity contribution is 1.19. The number of allylic oxidation sites excluding steroid dienone is 1. The number of rotatable bonds is 1. The molecule has 0 amide bonds. The van der Waals surface area contributed by atoms with E-state index >= 15 is 0 Å². The van der Waals surface area contributed by atoms with Gasteiger partial charge < -0.3 is 0 Å². The van der Waals surface area contributed by atoms with Crippen LogP contribution in [0.1, 0.15) is 34.7 Å². The molecule has 1 heteroatoms. The second kappa shape index (κ2) is 4.89. The Morgan fingerprint density at radius 1 is 0.900 bits per heavy atom. The van der Waals surface area contributed by atoms with Crippen molar-refractivity contribution in [1.29, 1.82) is 0 Å². The lowest BCUT2D eigenvalue weighted by Gasteiger charge is -2.17. The predicted molar refractivity (Wildman–Crippen MR) is 91.1 cm³/mol. The third-order valence-electron chi connectivity index (χ3n) is 4.08. The molecule has 1 aliphatic rings. The van der Waals surface area contributed by atoms with E-state index in [2.05, 4.69) is 74.0 Å². The second-order valence-electron chi connectivity index (χ2n) is 5.93. The van der Waals surface area contributed by atoms with E-state index < -0.39 is 0 Å². The van der Waals surface area contributed by atoms with E-state index in [4.69, 9.17) is 0 Å². The first kappa shape index (κ1) is 13.6. The molecule has 0 aliphatic heterocycles. The van der Waals surface area contributed by atoms with Crippen molar-refractivity contribution in [1.82, 2.24) is 0 Å². The molecule has 0 nitrogen and oxygen atoms in total. The van der Waals surface area contributed by atoms with E-state index in [0.29, 0.717) is 0 Å². The zero-order valence-electron chi connectivity index (χ0n) is 12.5. The molecule has 0 N–H and O–H groups in total. The average Bonchev–Trinajstić information content (AvgIpc) is 2.71. The van der Waals surface area contributed by atoms with Gasteiger partial charge in [0, 0.05) is 10.0 Å². The molecule has 2 aromatic carbocycles. The van der Waals surface area contributed by atoms with Crippen LogP contribution in [0.15, 0.2) is 34.3 Å². The van der Waals surface area contributed by atoms with Gasteiger partial charge in [-0.05, 0) is 68.0 Å². The SMILES string of the molecule is CC1=Cc2ccc(Br)c(-c3c(C)cc(C)cc3C)c2C1. The summed E-state index contributed by atoms with van der Waals surface area (Å²) in [5.41, 5.74) is 11.1. The van der Waals surface area contributed by atoms with Crippen LogP contribution in [0.2, 0.25) is 0 Å². The van der Waals surface area contributed by atoms with Gasteiger partial charge in [-0.15, -0.1) is 0 Å². The molecule has 0 atom stereocenters. The van der Waals surface area contributed by atoms with E-state index in [0.717, 1.165) is 6.42 Å². The highest BCUT2D eigenvalue weighted by Crippen LogP contribution is 2.41. The molecule has 0 unspecified atom stereocenters. The summed E-state index contributed by atoms with van der Waals surface area (Å²) in [6, 6.07) is 8.97. The van der Waals surface area contributed by atoms with E-state index in [1.807, 2.05) is 0 Å². The summed E-state index contributed by atoms with van der Waals surface area (Å²) in [7, 11) is 0. The molecule has 2 aromatic rings. The van der Waals surface area contributed by atoms with Gasteiger partial charge in [0.2, 0.25) is 0 Å². The maximum Gasteiger partial charge on any atom is 0.0257 e. The van der Waals surface area contributed by atoms with Crippen molar-refractivity contribution in [3.63, 3.8) is 0 Å². The molecule has 102 valence electrons. The Morgan fingerprint density at radius 3 is 2.20 bits per heavy atom. The molecule has 1 aliphatic carbocycles. The van der Waals surface area contributed by atoms with Gasteiger partial charge in [-0.1, -0.05) is 51.3 Å². The Hall–Kier alpha value is -1.34. The fraction of sp³-hybridized carbons (Fsp3) is 0.263. The number of halogens is 1. The topological polar surface area (TPSA) is 0 Å². The van der Waals surface area contributed by atoms with Crippen LogP contribution in [-0.4, -0.2) is 0 Å². The minimum atomic E-state index is 1.07. The summed E-state index contributed by atoms with van der Waals surface area (Å²) in [5.74, 6) is 0. The van der Waals surface area contributed by atoms with Gasteiger partial charge in [-0.25, -0.2) is 0 Å². The number of fused-ring (bicyclic) bond motifs is 1. The van der Waals surface area contributed by atoms with Crippen LogP contribution in [-0.2, 0) is 6.42 Å². The summed E-state index contributed by atoms with van der Waals surface area (Å²) < 4.78 is 1.20. The van der Waals surface area contributed by atoms with Crippen molar-refractivity contribution in [3.05, 3.63) is 62.1 Å². The smallest absolute Gasteiger partial charge is 0.0257 e. The summed E-state index contributed by atoms with van der Waals surface area (Å²) >= 11 is 3.77. The molecule has 0 heterocycles. The van der Waals surface area contributed by atoms with E-state index in [1.54, 1.807) is 0 Å². The van der Waals surface area contributed by atoms with Crippen LogP contribution in [0.5, 0.6) is 0 Å². The molecule has 0 saturated carbocycles. The minimum Gasteiger partial charge on any atom is -0.0683 e. The van der Waals surface area contributed by atoms with E-state index in [-0.39, 0.29) is 0 Å². The van der Waals surface area contributed by atoms with Crippen molar-refractivity contribution >= 4 is 22.0 Å². The van der Waals surface area contributed by atoms with Crippen LogP contribution < -0.4 is 0 Å². The fourth-order valence-electron chi connectivity index (χ4n) is 3.40.